The Morgan fingerprint density at radius 2 is 1.77 bits per heavy atom. The second-order valence-electron chi connectivity index (χ2n) is 6.97. The number of nitrogens with one attached hydrogen (secondary N) is 1. The summed E-state index contributed by atoms with van der Waals surface area (Å²) in [6, 6.07) is 8.81. The molecule has 0 fully saturated rings. The second-order valence-corrected chi connectivity index (χ2v) is 9.62. The lowest BCUT2D eigenvalue weighted by Crippen LogP contribution is -2.28. The quantitative estimate of drug-likeness (QED) is 0.823. The molecule has 0 saturated carbocycles. The zero-order chi connectivity index (χ0) is 19.5. The van der Waals surface area contributed by atoms with Gasteiger partial charge in [-0.2, -0.15) is 0 Å². The van der Waals surface area contributed by atoms with Crippen LogP contribution in [0.2, 0.25) is 0 Å². The van der Waals surface area contributed by atoms with Crippen molar-refractivity contribution in [1.29, 1.82) is 0 Å². The van der Waals surface area contributed by atoms with Gasteiger partial charge in [0.25, 0.3) is 0 Å². The largest absolute Gasteiger partial charge is 0.497 e. The third-order valence-corrected chi connectivity index (χ3v) is 6.51. The molecule has 0 aliphatic rings. The average Bonchev–Trinajstić information content (AvgIpc) is 2.60. The van der Waals surface area contributed by atoms with E-state index >= 15 is 0 Å². The monoisotopic (exact) mass is 378 g/mol. The maximum Gasteiger partial charge on any atom is 0.200 e. The minimum atomic E-state index is -3.46. The van der Waals surface area contributed by atoms with Crippen LogP contribution in [-0.2, 0) is 9.84 Å². The summed E-state index contributed by atoms with van der Waals surface area (Å²) in [6.07, 6.45) is 1.53. The molecular formula is C19H26N2O4S. The first kappa shape index (κ1) is 20.0. The molecule has 1 aromatic heterocycles. The van der Waals surface area contributed by atoms with E-state index in [9.17, 15) is 8.42 Å². The Morgan fingerprint density at radius 1 is 1.08 bits per heavy atom. The van der Waals surface area contributed by atoms with E-state index in [2.05, 4.69) is 10.3 Å². The summed E-state index contributed by atoms with van der Waals surface area (Å²) in [6.45, 7) is 6.97. The number of pyridine rings is 1. The van der Waals surface area contributed by atoms with E-state index in [0.717, 1.165) is 17.0 Å². The van der Waals surface area contributed by atoms with Crippen molar-refractivity contribution in [2.24, 2.45) is 0 Å². The summed E-state index contributed by atoms with van der Waals surface area (Å²) in [5.41, 5.74) is 1.68. The molecule has 1 aromatic carbocycles. The van der Waals surface area contributed by atoms with Gasteiger partial charge in [-0.15, -0.1) is 0 Å². The highest BCUT2D eigenvalue weighted by Crippen LogP contribution is 2.31. The van der Waals surface area contributed by atoms with Gasteiger partial charge in [-0.1, -0.05) is 0 Å². The molecule has 0 aliphatic carbocycles. The van der Waals surface area contributed by atoms with Gasteiger partial charge in [0.15, 0.2) is 14.9 Å². The fourth-order valence-corrected chi connectivity index (χ4v) is 3.51. The molecule has 0 radical (unpaired) electrons. The van der Waals surface area contributed by atoms with Crippen LogP contribution in [0.4, 0.5) is 5.69 Å². The Bertz CT molecular complexity index is 856. The summed E-state index contributed by atoms with van der Waals surface area (Å²) in [4.78, 5) is 4.13. The normalized spacial score (nSPS) is 13.2. The highest BCUT2D eigenvalue weighted by Gasteiger charge is 2.31. The fraction of sp³-hybridized carbons (Fsp3) is 0.421. The van der Waals surface area contributed by atoms with Crippen LogP contribution in [0.25, 0.3) is 0 Å². The Labute approximate surface area is 155 Å². The number of anilines is 1. The van der Waals surface area contributed by atoms with E-state index in [0.29, 0.717) is 5.75 Å². The van der Waals surface area contributed by atoms with Gasteiger partial charge in [-0.3, -0.25) is 0 Å². The Hall–Kier alpha value is -2.28. The number of benzene rings is 1. The number of hydrogen-bond acceptors (Lipinski definition) is 6. The van der Waals surface area contributed by atoms with Crippen LogP contribution in [0.15, 0.2) is 41.6 Å². The van der Waals surface area contributed by atoms with E-state index in [4.69, 9.17) is 9.47 Å². The molecule has 6 nitrogen and oxygen atoms in total. The average molecular weight is 378 g/mol. The summed E-state index contributed by atoms with van der Waals surface area (Å²) in [7, 11) is -0.249. The smallest absolute Gasteiger partial charge is 0.200 e. The SMILES string of the molecule is COc1ccc(C(C)Nc2ccc(S(=O)(=O)C(C)(C)C)nc2)c(OC)c1. The zero-order valence-electron chi connectivity index (χ0n) is 16.0. The number of nitrogens with zero attached hydrogens (tertiary/aromatic N) is 1. The molecule has 0 aliphatic heterocycles. The predicted molar refractivity (Wildman–Crippen MR) is 103 cm³/mol. The van der Waals surface area contributed by atoms with Crippen LogP contribution in [0, 0.1) is 0 Å². The van der Waals surface area contributed by atoms with Gasteiger partial charge in [0.2, 0.25) is 0 Å². The highest BCUT2D eigenvalue weighted by molar-refractivity contribution is 7.92. The van der Waals surface area contributed by atoms with Gasteiger partial charge in [0.1, 0.15) is 11.5 Å². The first-order valence-corrected chi connectivity index (χ1v) is 9.77. The molecule has 0 bridgehead atoms. The van der Waals surface area contributed by atoms with Crippen molar-refractivity contribution in [1.82, 2.24) is 4.98 Å². The van der Waals surface area contributed by atoms with E-state index < -0.39 is 14.6 Å². The molecule has 0 saturated heterocycles. The fourth-order valence-electron chi connectivity index (χ4n) is 2.44. The Balaban J connectivity index is 2.22. The first-order chi connectivity index (χ1) is 12.1. The molecule has 2 aromatic rings. The minimum Gasteiger partial charge on any atom is -0.497 e. The van der Waals surface area contributed by atoms with Gasteiger partial charge in [-0.05, 0) is 52.0 Å². The maximum atomic E-state index is 12.4. The molecule has 7 heteroatoms. The van der Waals surface area contributed by atoms with Gasteiger partial charge >= 0.3 is 0 Å². The van der Waals surface area contributed by atoms with Crippen LogP contribution in [-0.4, -0.2) is 32.4 Å². The third kappa shape index (κ3) is 4.09. The number of methoxy groups -OCH3 is 2. The van der Waals surface area contributed by atoms with Crippen LogP contribution >= 0.6 is 0 Å². The molecule has 2 rings (SSSR count). The molecule has 26 heavy (non-hydrogen) atoms. The van der Waals surface area contributed by atoms with Crippen molar-refractivity contribution in [3.8, 4) is 11.5 Å². The topological polar surface area (TPSA) is 77.5 Å². The molecule has 1 N–H and O–H groups in total. The maximum absolute atomic E-state index is 12.4. The van der Waals surface area contributed by atoms with Crippen molar-refractivity contribution in [2.45, 2.75) is 43.5 Å². The lowest BCUT2D eigenvalue weighted by atomic mass is 10.1. The van der Waals surface area contributed by atoms with Crippen molar-refractivity contribution >= 4 is 15.5 Å². The van der Waals surface area contributed by atoms with Crippen LogP contribution in [0.1, 0.15) is 39.3 Å². The van der Waals surface area contributed by atoms with Gasteiger partial charge < -0.3 is 14.8 Å². The lowest BCUT2D eigenvalue weighted by molar-refractivity contribution is 0.390. The molecular weight excluding hydrogens is 352 g/mol. The molecule has 0 spiro atoms. The van der Waals surface area contributed by atoms with Crippen molar-refractivity contribution < 1.29 is 17.9 Å². The molecule has 0 amide bonds. The Kier molecular flexibility index (Phi) is 5.81. The zero-order valence-corrected chi connectivity index (χ0v) is 16.8. The van der Waals surface area contributed by atoms with Crippen LogP contribution in [0.5, 0.6) is 11.5 Å². The lowest BCUT2D eigenvalue weighted by Gasteiger charge is -2.20. The number of rotatable bonds is 6. The standard InChI is InChI=1S/C19H26N2O4S/c1-13(16-9-8-15(24-5)11-17(16)25-6)21-14-7-10-18(20-12-14)26(22,23)19(2,3)4/h7-13,21H,1-6H3. The minimum absolute atomic E-state index is 0.0669. The highest BCUT2D eigenvalue weighted by atomic mass is 32.2. The van der Waals surface area contributed by atoms with Crippen molar-refractivity contribution in [3.05, 3.63) is 42.1 Å². The van der Waals surface area contributed by atoms with E-state index in [1.165, 1.54) is 12.3 Å². The summed E-state index contributed by atoms with van der Waals surface area (Å²) < 4.78 is 34.6. The van der Waals surface area contributed by atoms with Gasteiger partial charge in [0, 0.05) is 11.6 Å². The summed E-state index contributed by atoms with van der Waals surface area (Å²) in [5, 5.41) is 3.38. The number of hydrogen-bond donors (Lipinski definition) is 1. The first-order valence-electron chi connectivity index (χ1n) is 8.29. The van der Waals surface area contributed by atoms with E-state index in [-0.39, 0.29) is 11.1 Å². The molecule has 1 atom stereocenters. The summed E-state index contributed by atoms with van der Waals surface area (Å²) >= 11 is 0. The number of sulfone groups is 1. The van der Waals surface area contributed by atoms with Crippen LogP contribution < -0.4 is 14.8 Å². The number of ether oxygens (including phenoxy) is 2. The van der Waals surface area contributed by atoms with E-state index in [1.807, 2.05) is 25.1 Å². The molecule has 142 valence electrons. The summed E-state index contributed by atoms with van der Waals surface area (Å²) in [5.74, 6) is 1.43. The number of aromatic nitrogens is 1. The molecule has 1 heterocycles. The van der Waals surface area contributed by atoms with Crippen molar-refractivity contribution in [3.63, 3.8) is 0 Å². The van der Waals surface area contributed by atoms with Gasteiger partial charge in [0.05, 0.1) is 36.9 Å². The molecule has 1 unspecified atom stereocenters. The van der Waals surface area contributed by atoms with Gasteiger partial charge in [-0.25, -0.2) is 13.4 Å². The Morgan fingerprint density at radius 3 is 2.27 bits per heavy atom. The van der Waals surface area contributed by atoms with E-state index in [1.54, 1.807) is 41.1 Å². The predicted octanol–water partition coefficient (Wildman–Crippen LogP) is 3.84. The third-order valence-electron chi connectivity index (χ3n) is 4.11. The van der Waals surface area contributed by atoms with Crippen LogP contribution in [0.3, 0.4) is 0 Å². The van der Waals surface area contributed by atoms with Crippen molar-refractivity contribution in [2.75, 3.05) is 19.5 Å². The second kappa shape index (κ2) is 7.53.